The molecule has 4 aliphatic rings. The number of aliphatic hydroxyl groups is 1. The number of hydrogen-bond acceptors (Lipinski definition) is 5. The minimum absolute atomic E-state index is 0.0153. The van der Waals surface area contributed by atoms with Crippen molar-refractivity contribution in [1.29, 1.82) is 0 Å². The molecule has 1 heterocycles. The summed E-state index contributed by atoms with van der Waals surface area (Å²) < 4.78 is 38.2. The molecule has 7 nitrogen and oxygen atoms in total. The van der Waals surface area contributed by atoms with Crippen LogP contribution in [0.15, 0.2) is 30.3 Å². The van der Waals surface area contributed by atoms with Gasteiger partial charge in [-0.3, -0.25) is 9.59 Å². The van der Waals surface area contributed by atoms with E-state index < -0.39 is 40.8 Å². The molecule has 0 saturated heterocycles. The van der Waals surface area contributed by atoms with Crippen molar-refractivity contribution >= 4 is 35.0 Å². The van der Waals surface area contributed by atoms with Crippen LogP contribution in [0.3, 0.4) is 0 Å². The Labute approximate surface area is 203 Å². The van der Waals surface area contributed by atoms with Crippen LogP contribution in [0.1, 0.15) is 37.4 Å². The van der Waals surface area contributed by atoms with E-state index in [4.69, 9.17) is 32.7 Å². The van der Waals surface area contributed by atoms with Crippen LogP contribution in [0.2, 0.25) is 10.0 Å². The molecule has 1 aliphatic heterocycles. The number of benzene rings is 2. The molecular weight excluding hydrogens is 493 g/mol. The van der Waals surface area contributed by atoms with E-state index in [1.165, 1.54) is 18.2 Å². The number of nitrogens with one attached hydrogen (secondary N) is 2. The summed E-state index contributed by atoms with van der Waals surface area (Å²) >= 11 is 11.4. The molecule has 34 heavy (non-hydrogen) atoms. The second-order valence-corrected chi connectivity index (χ2v) is 9.97. The number of aliphatic hydroxyl groups excluding tert-OH is 1. The second-order valence-electron chi connectivity index (χ2n) is 9.16. The first-order chi connectivity index (χ1) is 16.1. The fraction of sp³-hybridized carbons (Fsp3) is 0.391. The van der Waals surface area contributed by atoms with Crippen molar-refractivity contribution in [2.24, 2.45) is 0 Å². The van der Waals surface area contributed by atoms with Crippen LogP contribution >= 0.6 is 23.2 Å². The summed E-state index contributed by atoms with van der Waals surface area (Å²) in [6, 6.07) is 6.28. The molecule has 2 atom stereocenters. The first kappa shape index (κ1) is 23.1. The van der Waals surface area contributed by atoms with Crippen molar-refractivity contribution in [2.45, 2.75) is 49.0 Å². The topological polar surface area (TPSA) is 96.9 Å². The van der Waals surface area contributed by atoms with E-state index in [1.807, 2.05) is 0 Å². The molecule has 0 radical (unpaired) electrons. The molecule has 0 unspecified atom stereocenters. The maximum atomic E-state index is 13.8. The highest BCUT2D eigenvalue weighted by Gasteiger charge is 2.69. The van der Waals surface area contributed by atoms with Crippen LogP contribution in [-0.4, -0.2) is 40.7 Å². The van der Waals surface area contributed by atoms with Gasteiger partial charge in [-0.05, 0) is 37.5 Å². The van der Waals surface area contributed by atoms with Crippen LogP contribution in [0.25, 0.3) is 0 Å². The maximum Gasteiger partial charge on any atom is 0.261 e. The fourth-order valence-corrected chi connectivity index (χ4v) is 5.33. The summed E-state index contributed by atoms with van der Waals surface area (Å²) in [6.07, 6.45) is -0.335. The molecule has 180 valence electrons. The highest BCUT2D eigenvalue weighted by Crippen LogP contribution is 2.60. The molecule has 0 aromatic heterocycles. The normalized spacial score (nSPS) is 28.5. The minimum Gasteiger partial charge on any atom is -0.484 e. The molecule has 2 aromatic rings. The number of fused-ring (bicyclic) bond motifs is 1. The van der Waals surface area contributed by atoms with E-state index in [0.717, 1.165) is 12.1 Å². The lowest BCUT2D eigenvalue weighted by Crippen LogP contribution is -2.84. The summed E-state index contributed by atoms with van der Waals surface area (Å²) in [4.78, 5) is 25.0. The van der Waals surface area contributed by atoms with Gasteiger partial charge in [0.2, 0.25) is 0 Å². The zero-order valence-electron chi connectivity index (χ0n) is 17.7. The van der Waals surface area contributed by atoms with Crippen LogP contribution in [-0.2, 0) is 9.59 Å². The third-order valence-electron chi connectivity index (χ3n) is 6.49. The van der Waals surface area contributed by atoms with Gasteiger partial charge in [0.15, 0.2) is 12.7 Å². The summed E-state index contributed by atoms with van der Waals surface area (Å²) in [7, 11) is 0. The quantitative estimate of drug-likeness (QED) is 0.550. The SMILES string of the molecule is O=C(COc1ccc(Cl)c(F)c1)NC12CC(NC(=O)[C@@H]3C[C@H](O)c4cc(Cl)c(F)cc4O3)(C1)C2. The molecule has 3 aliphatic carbocycles. The molecule has 3 fully saturated rings. The van der Waals surface area contributed by atoms with Crippen molar-refractivity contribution in [2.75, 3.05) is 6.61 Å². The van der Waals surface area contributed by atoms with E-state index in [0.29, 0.717) is 24.8 Å². The van der Waals surface area contributed by atoms with Crippen LogP contribution in [0.5, 0.6) is 11.5 Å². The third-order valence-corrected chi connectivity index (χ3v) is 7.09. The van der Waals surface area contributed by atoms with Crippen molar-refractivity contribution in [3.63, 3.8) is 0 Å². The predicted molar refractivity (Wildman–Crippen MR) is 118 cm³/mol. The van der Waals surface area contributed by atoms with Gasteiger partial charge >= 0.3 is 0 Å². The molecular formula is C23H20Cl2F2N2O5. The molecule has 6 rings (SSSR count). The van der Waals surface area contributed by atoms with E-state index in [9.17, 15) is 23.5 Å². The number of halogens is 4. The molecule has 2 amide bonds. The Kier molecular flexibility index (Phi) is 5.61. The van der Waals surface area contributed by atoms with Gasteiger partial charge in [0.1, 0.15) is 23.1 Å². The van der Waals surface area contributed by atoms with E-state index in [2.05, 4.69) is 10.6 Å². The zero-order valence-corrected chi connectivity index (χ0v) is 19.2. The number of carbonyl (C=O) groups excluding carboxylic acids is 2. The van der Waals surface area contributed by atoms with Crippen molar-refractivity contribution in [3.8, 4) is 11.5 Å². The highest BCUT2D eigenvalue weighted by molar-refractivity contribution is 6.31. The average molecular weight is 513 g/mol. The van der Waals surface area contributed by atoms with Crippen LogP contribution in [0.4, 0.5) is 8.78 Å². The molecule has 2 aromatic carbocycles. The lowest BCUT2D eigenvalue weighted by atomic mass is 9.44. The average Bonchev–Trinajstić information content (AvgIpc) is 2.73. The first-order valence-corrected chi connectivity index (χ1v) is 11.4. The second kappa shape index (κ2) is 8.25. The van der Waals surface area contributed by atoms with Gasteiger partial charge in [-0.2, -0.15) is 0 Å². The van der Waals surface area contributed by atoms with Crippen molar-refractivity contribution < 1.29 is 33.0 Å². The number of ether oxygens (including phenoxy) is 2. The lowest BCUT2D eigenvalue weighted by Gasteiger charge is -2.70. The summed E-state index contributed by atoms with van der Waals surface area (Å²) in [5.41, 5.74) is -0.533. The Morgan fingerprint density at radius 2 is 1.74 bits per heavy atom. The lowest BCUT2D eigenvalue weighted by molar-refractivity contribution is -0.155. The van der Waals surface area contributed by atoms with Crippen molar-refractivity contribution in [1.82, 2.24) is 10.6 Å². The smallest absolute Gasteiger partial charge is 0.261 e. The standard InChI is InChI=1S/C23H20Cl2F2N2O5/c24-13-2-1-11(3-15(13)26)33-7-20(31)28-22-8-23(9-22,10-22)29-21(32)19-6-17(30)12-4-14(25)16(27)5-18(12)34-19/h1-5,17,19,30H,6-10H2,(H,28,31)(H,29,32)/t17-,19-,22?,23?/m0/s1. The van der Waals surface area contributed by atoms with E-state index >= 15 is 0 Å². The third kappa shape index (κ3) is 4.16. The molecule has 2 bridgehead atoms. The van der Waals surface area contributed by atoms with Crippen molar-refractivity contribution in [3.05, 3.63) is 57.6 Å². The van der Waals surface area contributed by atoms with E-state index in [1.54, 1.807) is 0 Å². The van der Waals surface area contributed by atoms with Crippen LogP contribution in [0, 0.1) is 11.6 Å². The van der Waals surface area contributed by atoms with Gasteiger partial charge in [-0.15, -0.1) is 0 Å². The maximum absolute atomic E-state index is 13.8. The van der Waals surface area contributed by atoms with Gasteiger partial charge in [-0.1, -0.05) is 23.2 Å². The Balaban J connectivity index is 1.11. The zero-order chi connectivity index (χ0) is 24.3. The van der Waals surface area contributed by atoms with Gasteiger partial charge < -0.3 is 25.2 Å². The molecule has 3 saturated carbocycles. The summed E-state index contributed by atoms with van der Waals surface area (Å²) in [6.45, 7) is -0.282. The van der Waals surface area contributed by atoms with Gasteiger partial charge in [0.25, 0.3) is 11.8 Å². The first-order valence-electron chi connectivity index (χ1n) is 10.6. The number of rotatable bonds is 6. The Morgan fingerprint density at radius 1 is 1.06 bits per heavy atom. The molecule has 0 spiro atoms. The summed E-state index contributed by atoms with van der Waals surface area (Å²) in [5, 5.41) is 16.0. The number of amides is 2. The predicted octanol–water partition coefficient (Wildman–Crippen LogP) is 3.44. The Bertz CT molecular complexity index is 1170. The molecule has 3 N–H and O–H groups in total. The van der Waals surface area contributed by atoms with E-state index in [-0.39, 0.29) is 40.5 Å². The highest BCUT2D eigenvalue weighted by atomic mass is 35.5. The minimum atomic E-state index is -1.01. The van der Waals surface area contributed by atoms with Gasteiger partial charge in [0, 0.05) is 35.2 Å². The largest absolute Gasteiger partial charge is 0.484 e. The number of carbonyl (C=O) groups is 2. The van der Waals surface area contributed by atoms with Gasteiger partial charge in [0.05, 0.1) is 16.1 Å². The summed E-state index contributed by atoms with van der Waals surface area (Å²) in [5.74, 6) is -1.82. The van der Waals surface area contributed by atoms with Gasteiger partial charge in [-0.25, -0.2) is 8.78 Å². The molecule has 11 heteroatoms. The fourth-order valence-electron chi connectivity index (χ4n) is 5.04. The Hall–Kier alpha value is -2.62. The number of hydrogen-bond donors (Lipinski definition) is 3. The Morgan fingerprint density at radius 3 is 2.44 bits per heavy atom. The monoisotopic (exact) mass is 512 g/mol. The van der Waals surface area contributed by atoms with Crippen LogP contribution < -0.4 is 20.1 Å².